The lowest BCUT2D eigenvalue weighted by Gasteiger charge is -2.21. The van der Waals surface area contributed by atoms with Crippen LogP contribution in [-0.2, 0) is 5.41 Å². The van der Waals surface area contributed by atoms with E-state index in [-0.39, 0.29) is 6.61 Å². The van der Waals surface area contributed by atoms with Crippen LogP contribution in [0.2, 0.25) is 0 Å². The fourth-order valence-electron chi connectivity index (χ4n) is 4.08. The molecule has 1 aromatic heterocycles. The molecule has 5 rings (SSSR count). The number of aromatic nitrogens is 2. The molecule has 3 aromatic rings. The monoisotopic (exact) mass is 452 g/mol. The molecule has 2 aliphatic rings. The van der Waals surface area contributed by atoms with E-state index in [1.165, 1.54) is 12.8 Å². The van der Waals surface area contributed by atoms with Crippen molar-refractivity contribution >= 4 is 17.3 Å². The molecule has 1 fully saturated rings. The molecule has 170 valence electrons. The maximum absolute atomic E-state index is 9.96. The number of nitriles is 2. The summed E-state index contributed by atoms with van der Waals surface area (Å²) in [5.41, 5.74) is 4.23. The number of ether oxygens (including phenoxy) is 1. The van der Waals surface area contributed by atoms with E-state index in [0.29, 0.717) is 53.3 Å². The second-order valence-electron chi connectivity index (χ2n) is 9.10. The minimum atomic E-state index is -0.476. The third-order valence-electron chi connectivity index (χ3n) is 6.39. The van der Waals surface area contributed by atoms with Gasteiger partial charge in [-0.1, -0.05) is 6.92 Å². The van der Waals surface area contributed by atoms with E-state index < -0.39 is 5.41 Å². The van der Waals surface area contributed by atoms with Crippen LogP contribution in [0, 0.1) is 28.6 Å². The van der Waals surface area contributed by atoms with Gasteiger partial charge in [-0.15, -0.1) is 0 Å². The van der Waals surface area contributed by atoms with Gasteiger partial charge in [-0.05, 0) is 60.7 Å². The van der Waals surface area contributed by atoms with E-state index in [2.05, 4.69) is 32.7 Å². The lowest BCUT2D eigenvalue weighted by molar-refractivity contribution is 0.219. The van der Waals surface area contributed by atoms with Crippen LogP contribution in [0.25, 0.3) is 11.3 Å². The van der Waals surface area contributed by atoms with Crippen molar-refractivity contribution in [3.8, 4) is 29.1 Å². The lowest BCUT2D eigenvalue weighted by atomic mass is 9.83. The zero-order chi connectivity index (χ0) is 23.7. The average molecular weight is 453 g/mol. The predicted molar refractivity (Wildman–Crippen MR) is 128 cm³/mol. The number of aliphatic hydroxyl groups is 1. The van der Waals surface area contributed by atoms with Crippen LogP contribution in [0.4, 0.5) is 17.3 Å². The minimum absolute atomic E-state index is 0.0310. The molecule has 0 bridgehead atoms. The number of nitrogens with zero attached hydrogens (tertiary/aromatic N) is 4. The minimum Gasteiger partial charge on any atom is -0.491 e. The van der Waals surface area contributed by atoms with Crippen LogP contribution in [0.3, 0.4) is 0 Å². The number of hydrogen-bond donors (Lipinski definition) is 3. The first-order valence-corrected chi connectivity index (χ1v) is 11.2. The Morgan fingerprint density at radius 2 is 2.06 bits per heavy atom. The molecule has 0 unspecified atom stereocenters. The highest BCUT2D eigenvalue weighted by molar-refractivity contribution is 5.76. The van der Waals surface area contributed by atoms with Gasteiger partial charge >= 0.3 is 0 Å². The number of benzene rings is 2. The van der Waals surface area contributed by atoms with Gasteiger partial charge in [-0.25, -0.2) is 9.97 Å². The maximum Gasteiger partial charge on any atom is 0.227 e. The topological polar surface area (TPSA) is 127 Å². The Morgan fingerprint density at radius 3 is 2.79 bits per heavy atom. The van der Waals surface area contributed by atoms with E-state index in [1.54, 1.807) is 36.5 Å². The first kappa shape index (κ1) is 21.7. The van der Waals surface area contributed by atoms with Crippen molar-refractivity contribution in [3.63, 3.8) is 0 Å². The molecule has 1 aliphatic carbocycles. The summed E-state index contributed by atoms with van der Waals surface area (Å²) in [6.45, 7) is 3.14. The summed E-state index contributed by atoms with van der Waals surface area (Å²) in [6, 6.07) is 15.2. The third-order valence-corrected chi connectivity index (χ3v) is 6.39. The molecule has 1 aliphatic heterocycles. The fourth-order valence-corrected chi connectivity index (χ4v) is 4.08. The molecule has 8 heteroatoms. The summed E-state index contributed by atoms with van der Waals surface area (Å²) < 4.78 is 5.97. The normalized spacial score (nSPS) is 18.4. The summed E-state index contributed by atoms with van der Waals surface area (Å²) in [7, 11) is 0. The van der Waals surface area contributed by atoms with Crippen LogP contribution in [0.5, 0.6) is 5.75 Å². The van der Waals surface area contributed by atoms with E-state index in [4.69, 9.17) is 4.74 Å². The standard InChI is InChI=1S/C26H24N6O2/c1-26(15-33)14-30-24-19(12-28)9-18(10-20(24)26)21-6-7-29-25(31-21)32-22-8-17(11-27)4-5-23(22)34-13-16-2-3-16/h4-10,16,30,33H,2-3,13-15H2,1H3,(H,29,31,32)/t26-/m1/s1. The highest BCUT2D eigenvalue weighted by Crippen LogP contribution is 2.41. The summed E-state index contributed by atoms with van der Waals surface area (Å²) in [4.78, 5) is 9.01. The first-order chi connectivity index (χ1) is 16.5. The second kappa shape index (κ2) is 8.66. The van der Waals surface area contributed by atoms with Crippen molar-refractivity contribution < 1.29 is 9.84 Å². The Kier molecular flexibility index (Phi) is 5.53. The number of hydrogen-bond acceptors (Lipinski definition) is 8. The zero-order valence-corrected chi connectivity index (χ0v) is 18.8. The van der Waals surface area contributed by atoms with Crippen molar-refractivity contribution in [2.75, 3.05) is 30.4 Å². The van der Waals surface area contributed by atoms with Gasteiger partial charge in [-0.2, -0.15) is 10.5 Å². The summed E-state index contributed by atoms with van der Waals surface area (Å²) >= 11 is 0. The van der Waals surface area contributed by atoms with Gasteiger partial charge in [0, 0.05) is 23.7 Å². The number of rotatable bonds is 7. The van der Waals surface area contributed by atoms with E-state index in [0.717, 1.165) is 16.8 Å². The van der Waals surface area contributed by atoms with Crippen LogP contribution >= 0.6 is 0 Å². The number of aliphatic hydroxyl groups excluding tert-OH is 1. The summed E-state index contributed by atoms with van der Waals surface area (Å²) in [6.07, 6.45) is 4.01. The highest BCUT2D eigenvalue weighted by Gasteiger charge is 2.36. The molecule has 0 saturated heterocycles. The van der Waals surface area contributed by atoms with Gasteiger partial charge in [0.1, 0.15) is 11.8 Å². The van der Waals surface area contributed by atoms with Crippen LogP contribution < -0.4 is 15.4 Å². The molecule has 0 amide bonds. The Bertz CT molecular complexity index is 1340. The van der Waals surface area contributed by atoms with Crippen molar-refractivity contribution in [1.82, 2.24) is 9.97 Å². The van der Waals surface area contributed by atoms with Gasteiger partial charge in [0.2, 0.25) is 5.95 Å². The van der Waals surface area contributed by atoms with E-state index in [1.807, 2.05) is 13.0 Å². The van der Waals surface area contributed by atoms with Gasteiger partial charge in [0.15, 0.2) is 0 Å². The van der Waals surface area contributed by atoms with Crippen molar-refractivity contribution in [1.29, 1.82) is 10.5 Å². The van der Waals surface area contributed by atoms with Crippen molar-refractivity contribution in [2.45, 2.75) is 25.2 Å². The Hall–Kier alpha value is -4.14. The molecule has 2 aromatic carbocycles. The molecule has 1 saturated carbocycles. The molecule has 8 nitrogen and oxygen atoms in total. The van der Waals surface area contributed by atoms with Gasteiger partial charge < -0.3 is 20.5 Å². The van der Waals surface area contributed by atoms with E-state index >= 15 is 0 Å². The fraction of sp³-hybridized carbons (Fsp3) is 0.308. The number of anilines is 3. The molecule has 34 heavy (non-hydrogen) atoms. The molecule has 1 atom stereocenters. The molecular formula is C26H24N6O2. The van der Waals surface area contributed by atoms with Gasteiger partial charge in [-0.3, -0.25) is 0 Å². The Labute approximate surface area is 197 Å². The first-order valence-electron chi connectivity index (χ1n) is 11.2. The number of fused-ring (bicyclic) bond motifs is 1. The largest absolute Gasteiger partial charge is 0.491 e. The Morgan fingerprint density at radius 1 is 1.21 bits per heavy atom. The SMILES string of the molecule is C[C@]1(CO)CNc2c(C#N)cc(-c3ccnc(Nc4cc(C#N)ccc4OCC4CC4)n3)cc21. The van der Waals surface area contributed by atoms with Gasteiger partial charge in [0.25, 0.3) is 0 Å². The predicted octanol–water partition coefficient (Wildman–Crippen LogP) is 4.09. The smallest absolute Gasteiger partial charge is 0.227 e. The number of nitrogens with one attached hydrogen (secondary N) is 2. The van der Waals surface area contributed by atoms with Gasteiger partial charge in [0.05, 0.1) is 47.5 Å². The maximum atomic E-state index is 9.96. The second-order valence-corrected chi connectivity index (χ2v) is 9.10. The highest BCUT2D eigenvalue weighted by atomic mass is 16.5. The molecule has 3 N–H and O–H groups in total. The van der Waals surface area contributed by atoms with Crippen molar-refractivity contribution in [3.05, 3.63) is 59.3 Å². The molecule has 0 radical (unpaired) electrons. The molecular weight excluding hydrogens is 428 g/mol. The lowest BCUT2D eigenvalue weighted by Crippen LogP contribution is -2.28. The summed E-state index contributed by atoms with van der Waals surface area (Å²) in [5, 5.41) is 35.4. The third kappa shape index (κ3) is 4.12. The summed E-state index contributed by atoms with van der Waals surface area (Å²) in [5.74, 6) is 1.59. The van der Waals surface area contributed by atoms with Crippen LogP contribution in [0.1, 0.15) is 36.5 Å². The molecule has 2 heterocycles. The van der Waals surface area contributed by atoms with E-state index in [9.17, 15) is 15.6 Å². The zero-order valence-electron chi connectivity index (χ0n) is 18.8. The average Bonchev–Trinajstić information content (AvgIpc) is 3.64. The van der Waals surface area contributed by atoms with Crippen molar-refractivity contribution in [2.24, 2.45) is 5.92 Å². The quantitative estimate of drug-likeness (QED) is 0.489. The van der Waals surface area contributed by atoms with Crippen LogP contribution in [0.15, 0.2) is 42.6 Å². The Balaban J connectivity index is 1.48. The van der Waals surface area contributed by atoms with Crippen LogP contribution in [-0.4, -0.2) is 34.8 Å². The molecule has 0 spiro atoms.